The lowest BCUT2D eigenvalue weighted by molar-refractivity contribution is 0.0979. The number of hydrogen-bond donors (Lipinski definition) is 0. The van der Waals surface area contributed by atoms with E-state index in [-0.39, 0.29) is 10.9 Å². The van der Waals surface area contributed by atoms with Crippen LogP contribution in [-0.2, 0) is 0 Å². The second-order valence-corrected chi connectivity index (χ2v) is 3.49. The van der Waals surface area contributed by atoms with Crippen molar-refractivity contribution in [3.8, 4) is 6.07 Å². The monoisotopic (exact) mass is 222 g/mol. The van der Waals surface area contributed by atoms with E-state index in [1.165, 1.54) is 0 Å². The minimum Gasteiger partial charge on any atom is -0.294 e. The van der Waals surface area contributed by atoms with Crippen molar-refractivity contribution < 1.29 is 4.79 Å². The fourth-order valence-electron chi connectivity index (χ4n) is 1.22. The van der Waals surface area contributed by atoms with E-state index >= 15 is 0 Å². The van der Waals surface area contributed by atoms with Crippen LogP contribution in [0, 0.1) is 11.3 Å². The molecule has 1 aromatic rings. The minimum atomic E-state index is -0.00830. The average Bonchev–Trinajstić information content (AvgIpc) is 2.25. The maximum Gasteiger partial charge on any atom is 0.165 e. The summed E-state index contributed by atoms with van der Waals surface area (Å²) in [4.78, 5) is 15.5. The molecule has 0 unspecified atom stereocenters. The van der Waals surface area contributed by atoms with Crippen molar-refractivity contribution in [2.45, 2.75) is 25.7 Å². The number of halogens is 1. The van der Waals surface area contributed by atoms with Crippen molar-refractivity contribution in [1.82, 2.24) is 4.98 Å². The Kier molecular flexibility index (Phi) is 4.79. The topological polar surface area (TPSA) is 53.8 Å². The van der Waals surface area contributed by atoms with E-state index in [1.54, 1.807) is 18.3 Å². The number of Topliss-reactive ketones (excluding diaryl/α,β-unsaturated/α-hetero) is 1. The van der Waals surface area contributed by atoms with Gasteiger partial charge in [-0.25, -0.2) is 4.98 Å². The number of aromatic nitrogens is 1. The van der Waals surface area contributed by atoms with Crippen molar-refractivity contribution in [2.24, 2.45) is 0 Å². The van der Waals surface area contributed by atoms with Crippen LogP contribution in [0.5, 0.6) is 0 Å². The number of carbonyl (C=O) groups is 1. The molecule has 3 nitrogen and oxygen atoms in total. The first-order valence-electron chi connectivity index (χ1n) is 4.76. The minimum absolute atomic E-state index is 0.00830. The van der Waals surface area contributed by atoms with E-state index in [1.807, 2.05) is 6.07 Å². The zero-order valence-electron chi connectivity index (χ0n) is 8.24. The number of ketones is 1. The summed E-state index contributed by atoms with van der Waals surface area (Å²) in [6.07, 6.45) is 3.94. The third kappa shape index (κ3) is 3.69. The summed E-state index contributed by atoms with van der Waals surface area (Å²) in [6.45, 7) is 0. The molecule has 78 valence electrons. The van der Waals surface area contributed by atoms with Gasteiger partial charge >= 0.3 is 0 Å². The highest BCUT2D eigenvalue weighted by Gasteiger charge is 2.09. The largest absolute Gasteiger partial charge is 0.294 e. The predicted molar refractivity (Wildman–Crippen MR) is 57.7 cm³/mol. The number of unbranched alkanes of at least 4 members (excludes halogenated alkanes) is 2. The standard InChI is InChI=1S/C11H11ClN2O/c12-11-9(5-4-8-14-11)10(15)6-2-1-3-7-13/h4-5,8H,1-3,6H2. The number of nitrogens with zero attached hydrogens (tertiary/aromatic N) is 2. The van der Waals surface area contributed by atoms with Gasteiger partial charge in [-0.15, -0.1) is 0 Å². The van der Waals surface area contributed by atoms with Gasteiger partial charge in [-0.1, -0.05) is 11.6 Å². The Labute approximate surface area is 93.7 Å². The summed E-state index contributed by atoms with van der Waals surface area (Å²) < 4.78 is 0. The fraction of sp³-hybridized carbons (Fsp3) is 0.364. The quantitative estimate of drug-likeness (QED) is 0.437. The van der Waals surface area contributed by atoms with E-state index in [0.717, 1.165) is 12.8 Å². The predicted octanol–water partition coefficient (Wildman–Crippen LogP) is 3.00. The van der Waals surface area contributed by atoms with Crippen molar-refractivity contribution in [1.29, 1.82) is 5.26 Å². The lowest BCUT2D eigenvalue weighted by atomic mass is 10.1. The van der Waals surface area contributed by atoms with Gasteiger partial charge in [0.1, 0.15) is 5.15 Å². The highest BCUT2D eigenvalue weighted by molar-refractivity contribution is 6.32. The Hall–Kier alpha value is -1.40. The SMILES string of the molecule is N#CCCCCC(=O)c1cccnc1Cl. The number of pyridine rings is 1. The zero-order valence-corrected chi connectivity index (χ0v) is 9.00. The van der Waals surface area contributed by atoms with E-state index in [0.29, 0.717) is 18.4 Å². The summed E-state index contributed by atoms with van der Waals surface area (Å²) in [5.74, 6) is -0.00830. The summed E-state index contributed by atoms with van der Waals surface area (Å²) in [5, 5.41) is 8.58. The number of carbonyl (C=O) groups excluding carboxylic acids is 1. The van der Waals surface area contributed by atoms with Gasteiger partial charge < -0.3 is 0 Å². The molecule has 1 heterocycles. The highest BCUT2D eigenvalue weighted by Crippen LogP contribution is 2.15. The van der Waals surface area contributed by atoms with Gasteiger partial charge in [-0.3, -0.25) is 4.79 Å². The van der Waals surface area contributed by atoms with Crippen LogP contribution in [-0.4, -0.2) is 10.8 Å². The number of nitriles is 1. The van der Waals surface area contributed by atoms with Crippen LogP contribution >= 0.6 is 11.6 Å². The molecule has 15 heavy (non-hydrogen) atoms. The first-order valence-corrected chi connectivity index (χ1v) is 5.14. The Morgan fingerprint density at radius 1 is 1.53 bits per heavy atom. The van der Waals surface area contributed by atoms with Gasteiger partial charge in [0.2, 0.25) is 0 Å². The molecule has 0 fully saturated rings. The first kappa shape index (κ1) is 11.7. The zero-order chi connectivity index (χ0) is 11.1. The van der Waals surface area contributed by atoms with Crippen molar-refractivity contribution >= 4 is 17.4 Å². The van der Waals surface area contributed by atoms with E-state index < -0.39 is 0 Å². The molecule has 0 spiro atoms. The van der Waals surface area contributed by atoms with E-state index in [2.05, 4.69) is 4.98 Å². The molecule has 0 bridgehead atoms. The molecule has 0 aromatic carbocycles. The van der Waals surface area contributed by atoms with Crippen LogP contribution in [0.1, 0.15) is 36.0 Å². The van der Waals surface area contributed by atoms with Crippen LogP contribution < -0.4 is 0 Å². The smallest absolute Gasteiger partial charge is 0.165 e. The van der Waals surface area contributed by atoms with Crippen LogP contribution in [0.4, 0.5) is 0 Å². The molecule has 0 aliphatic rings. The molecular formula is C11H11ClN2O. The highest BCUT2D eigenvalue weighted by atomic mass is 35.5. The maximum atomic E-state index is 11.6. The number of rotatable bonds is 5. The van der Waals surface area contributed by atoms with Crippen LogP contribution in [0.25, 0.3) is 0 Å². The van der Waals surface area contributed by atoms with E-state index in [9.17, 15) is 4.79 Å². The summed E-state index contributed by atoms with van der Waals surface area (Å²) in [6, 6.07) is 5.40. The molecular weight excluding hydrogens is 212 g/mol. The van der Waals surface area contributed by atoms with Crippen LogP contribution in [0.3, 0.4) is 0 Å². The third-order valence-corrected chi connectivity index (χ3v) is 2.30. The second-order valence-electron chi connectivity index (χ2n) is 3.13. The third-order valence-electron chi connectivity index (χ3n) is 2.00. The Bertz CT molecular complexity index is 384. The van der Waals surface area contributed by atoms with Crippen LogP contribution in [0.2, 0.25) is 5.15 Å². The van der Waals surface area contributed by atoms with Crippen molar-refractivity contribution in [2.75, 3.05) is 0 Å². The van der Waals surface area contributed by atoms with Crippen LogP contribution in [0.15, 0.2) is 18.3 Å². The molecule has 0 atom stereocenters. The molecule has 0 N–H and O–H groups in total. The van der Waals surface area contributed by atoms with Gasteiger partial charge in [-0.05, 0) is 25.0 Å². The molecule has 0 radical (unpaired) electrons. The summed E-state index contributed by atoms with van der Waals surface area (Å²) >= 11 is 5.77. The lowest BCUT2D eigenvalue weighted by Crippen LogP contribution is -2.00. The van der Waals surface area contributed by atoms with Gasteiger partial charge in [-0.2, -0.15) is 5.26 Å². The number of hydrogen-bond acceptors (Lipinski definition) is 3. The summed E-state index contributed by atoms with van der Waals surface area (Å²) in [7, 11) is 0. The normalized spacial score (nSPS) is 9.60. The van der Waals surface area contributed by atoms with Crippen molar-refractivity contribution in [3.63, 3.8) is 0 Å². The molecule has 0 aliphatic heterocycles. The molecule has 1 aromatic heterocycles. The van der Waals surface area contributed by atoms with Gasteiger partial charge in [0.15, 0.2) is 5.78 Å². The maximum absolute atomic E-state index is 11.6. The molecule has 0 aliphatic carbocycles. The summed E-state index contributed by atoms with van der Waals surface area (Å²) in [5.41, 5.74) is 0.469. The molecule has 0 saturated carbocycles. The fourth-order valence-corrected chi connectivity index (χ4v) is 1.44. The molecule has 1 rings (SSSR count). The lowest BCUT2D eigenvalue weighted by Gasteiger charge is -2.01. The van der Waals surface area contributed by atoms with E-state index in [4.69, 9.17) is 16.9 Å². The van der Waals surface area contributed by atoms with Crippen molar-refractivity contribution in [3.05, 3.63) is 29.0 Å². The Morgan fingerprint density at radius 3 is 3.00 bits per heavy atom. The first-order chi connectivity index (χ1) is 7.25. The Morgan fingerprint density at radius 2 is 2.33 bits per heavy atom. The molecule has 0 saturated heterocycles. The molecule has 0 amide bonds. The van der Waals surface area contributed by atoms with Gasteiger partial charge in [0.05, 0.1) is 11.6 Å². The Balaban J connectivity index is 2.48. The van der Waals surface area contributed by atoms with Gasteiger partial charge in [0.25, 0.3) is 0 Å². The molecule has 4 heteroatoms. The van der Waals surface area contributed by atoms with Gasteiger partial charge in [0, 0.05) is 19.0 Å². The average molecular weight is 223 g/mol. The second kappa shape index (κ2) is 6.15.